The number of amides is 1. The summed E-state index contributed by atoms with van der Waals surface area (Å²) in [6.07, 6.45) is 1.99. The molecular formula is C16H27NO2Si. The molecule has 1 saturated heterocycles. The molecule has 2 aliphatic rings. The van der Waals surface area contributed by atoms with Gasteiger partial charge in [0.15, 0.2) is 8.32 Å². The van der Waals surface area contributed by atoms with E-state index < -0.39 is 8.32 Å². The number of hydrogen-bond acceptors (Lipinski definition) is 2. The zero-order chi connectivity index (χ0) is 15.5. The van der Waals surface area contributed by atoms with E-state index in [2.05, 4.69) is 54.3 Å². The number of nitrogens with zero attached hydrogens (tertiary/aromatic N) is 1. The van der Waals surface area contributed by atoms with E-state index >= 15 is 0 Å². The Balaban J connectivity index is 2.12. The summed E-state index contributed by atoms with van der Waals surface area (Å²) in [6, 6.07) is 0.176. The van der Waals surface area contributed by atoms with Crippen molar-refractivity contribution < 1.29 is 9.22 Å². The molecule has 1 amide bonds. The van der Waals surface area contributed by atoms with E-state index in [1.807, 2.05) is 11.0 Å². The predicted octanol–water partition coefficient (Wildman–Crippen LogP) is 3.70. The summed E-state index contributed by atoms with van der Waals surface area (Å²) >= 11 is 0. The summed E-state index contributed by atoms with van der Waals surface area (Å²) in [5, 5.41) is 0.165. The summed E-state index contributed by atoms with van der Waals surface area (Å²) in [5.74, 6) is 0.124. The first-order valence-electron chi connectivity index (χ1n) is 7.35. The predicted molar refractivity (Wildman–Crippen MR) is 84.8 cm³/mol. The highest BCUT2D eigenvalue weighted by atomic mass is 28.4. The molecule has 112 valence electrons. The van der Waals surface area contributed by atoms with Gasteiger partial charge in [0, 0.05) is 5.70 Å². The summed E-state index contributed by atoms with van der Waals surface area (Å²) < 4.78 is 6.40. The maximum Gasteiger partial charge on any atom is 0.235 e. The average Bonchev–Trinajstić information content (AvgIpc) is 2.46. The number of hydrogen-bond donors (Lipinski definition) is 0. The second-order valence-corrected chi connectivity index (χ2v) is 12.4. The number of fused-ring (bicyclic) bond motifs is 1. The van der Waals surface area contributed by atoms with Crippen molar-refractivity contribution in [1.29, 1.82) is 0 Å². The molecule has 20 heavy (non-hydrogen) atoms. The molecular weight excluding hydrogens is 266 g/mol. The summed E-state index contributed by atoms with van der Waals surface area (Å²) in [6.45, 7) is 19.2. The van der Waals surface area contributed by atoms with Crippen molar-refractivity contribution >= 4 is 14.2 Å². The van der Waals surface area contributed by atoms with Crippen molar-refractivity contribution in [3.8, 4) is 0 Å². The van der Waals surface area contributed by atoms with Crippen LogP contribution in [0.15, 0.2) is 23.9 Å². The van der Waals surface area contributed by atoms with E-state index in [4.69, 9.17) is 4.43 Å². The van der Waals surface area contributed by atoms with Gasteiger partial charge < -0.3 is 9.33 Å². The van der Waals surface area contributed by atoms with Crippen molar-refractivity contribution in [3.05, 3.63) is 23.9 Å². The lowest BCUT2D eigenvalue weighted by Crippen LogP contribution is -2.63. The molecule has 0 aromatic rings. The maximum atomic E-state index is 12.3. The minimum Gasteiger partial charge on any atom is -0.413 e. The van der Waals surface area contributed by atoms with Gasteiger partial charge in [-0.15, -0.1) is 0 Å². The number of β-lactam (4-membered cyclic amide) rings is 1. The SMILES string of the molecule is C=C1C=C(C)[C@@H]2[C@@H]([C@@H](C)O[Si](C)(C)C(C)(C)C)C(=O)N12. The van der Waals surface area contributed by atoms with E-state index in [-0.39, 0.29) is 29.0 Å². The highest BCUT2D eigenvalue weighted by molar-refractivity contribution is 6.74. The molecule has 0 unspecified atom stereocenters. The maximum absolute atomic E-state index is 12.3. The first kappa shape index (κ1) is 15.5. The molecule has 3 nitrogen and oxygen atoms in total. The van der Waals surface area contributed by atoms with Crippen LogP contribution in [0.3, 0.4) is 0 Å². The number of rotatable bonds is 3. The zero-order valence-corrected chi connectivity index (χ0v) is 14.8. The van der Waals surface area contributed by atoms with Gasteiger partial charge in [-0.1, -0.05) is 27.4 Å². The summed E-state index contributed by atoms with van der Waals surface area (Å²) in [5.41, 5.74) is 2.05. The molecule has 0 saturated carbocycles. The highest BCUT2D eigenvalue weighted by Gasteiger charge is 2.55. The summed E-state index contributed by atoms with van der Waals surface area (Å²) in [7, 11) is -1.84. The van der Waals surface area contributed by atoms with Crippen LogP contribution >= 0.6 is 0 Å². The Bertz CT molecular complexity index is 487. The van der Waals surface area contributed by atoms with Crippen molar-refractivity contribution in [2.45, 2.75) is 64.9 Å². The second-order valence-electron chi connectivity index (χ2n) is 7.64. The van der Waals surface area contributed by atoms with Gasteiger partial charge in [-0.3, -0.25) is 4.79 Å². The molecule has 1 fully saturated rings. The molecule has 0 aliphatic carbocycles. The van der Waals surface area contributed by atoms with E-state index in [0.29, 0.717) is 0 Å². The van der Waals surface area contributed by atoms with Crippen molar-refractivity contribution in [3.63, 3.8) is 0 Å². The molecule has 2 rings (SSSR count). The molecule has 4 heteroatoms. The van der Waals surface area contributed by atoms with E-state index in [1.54, 1.807) is 0 Å². The molecule has 3 atom stereocenters. The van der Waals surface area contributed by atoms with E-state index in [9.17, 15) is 4.79 Å². The van der Waals surface area contributed by atoms with Gasteiger partial charge in [0.25, 0.3) is 0 Å². The van der Waals surface area contributed by atoms with Crippen LogP contribution in [0.1, 0.15) is 34.6 Å². The van der Waals surface area contributed by atoms with Gasteiger partial charge in [0.2, 0.25) is 5.91 Å². The molecule has 0 aromatic heterocycles. The van der Waals surface area contributed by atoms with Crippen LogP contribution in [0.5, 0.6) is 0 Å². The third-order valence-electron chi connectivity index (χ3n) is 5.10. The van der Waals surface area contributed by atoms with Crippen LogP contribution < -0.4 is 0 Å². The topological polar surface area (TPSA) is 29.5 Å². The average molecular weight is 293 g/mol. The lowest BCUT2D eigenvalue weighted by molar-refractivity contribution is -0.154. The molecule has 0 N–H and O–H groups in total. The normalized spacial score (nSPS) is 28.1. The molecule has 0 bridgehead atoms. The minimum atomic E-state index is -1.84. The van der Waals surface area contributed by atoms with Gasteiger partial charge in [-0.05, 0) is 43.6 Å². The van der Waals surface area contributed by atoms with Gasteiger partial charge in [0.05, 0.1) is 18.1 Å². The van der Waals surface area contributed by atoms with Crippen molar-refractivity contribution in [1.82, 2.24) is 4.90 Å². The number of carbonyl (C=O) groups is 1. The first-order valence-corrected chi connectivity index (χ1v) is 10.3. The Labute approximate surface area is 123 Å². The van der Waals surface area contributed by atoms with Gasteiger partial charge in [-0.25, -0.2) is 0 Å². The van der Waals surface area contributed by atoms with Crippen LogP contribution in [0.25, 0.3) is 0 Å². The Morgan fingerprint density at radius 2 is 1.95 bits per heavy atom. The van der Waals surface area contributed by atoms with Crippen LogP contribution in [0, 0.1) is 5.92 Å². The van der Waals surface area contributed by atoms with E-state index in [0.717, 1.165) is 5.70 Å². The van der Waals surface area contributed by atoms with E-state index in [1.165, 1.54) is 5.57 Å². The second kappa shape index (κ2) is 4.57. The molecule has 0 aromatic carbocycles. The Hall–Kier alpha value is -0.873. The fraction of sp³-hybridized carbons (Fsp3) is 0.688. The Kier molecular flexibility index (Phi) is 3.54. The Morgan fingerprint density at radius 1 is 1.40 bits per heavy atom. The van der Waals surface area contributed by atoms with Crippen molar-refractivity contribution in [2.75, 3.05) is 0 Å². The number of carbonyl (C=O) groups excluding carboxylic acids is 1. The monoisotopic (exact) mass is 293 g/mol. The van der Waals surface area contributed by atoms with Crippen LogP contribution in [0.2, 0.25) is 18.1 Å². The lowest BCUT2D eigenvalue weighted by atomic mass is 9.82. The van der Waals surface area contributed by atoms with Crippen LogP contribution in [-0.4, -0.2) is 31.3 Å². The third-order valence-corrected chi connectivity index (χ3v) is 9.68. The lowest BCUT2D eigenvalue weighted by Gasteiger charge is -2.49. The third kappa shape index (κ3) is 2.19. The fourth-order valence-electron chi connectivity index (χ4n) is 2.91. The molecule has 2 aliphatic heterocycles. The Morgan fingerprint density at radius 3 is 2.45 bits per heavy atom. The fourth-order valence-corrected chi connectivity index (χ4v) is 4.34. The van der Waals surface area contributed by atoms with Crippen LogP contribution in [0.4, 0.5) is 0 Å². The standard InChI is InChI=1S/C16H27NO2Si/c1-10-9-11(2)17-14(10)13(15(17)18)12(3)19-20(7,8)16(4,5)6/h9,12-14H,2H2,1,3-8H3/t12-,13-,14-/m1/s1. The van der Waals surface area contributed by atoms with Gasteiger partial charge >= 0.3 is 0 Å². The zero-order valence-electron chi connectivity index (χ0n) is 13.8. The quantitative estimate of drug-likeness (QED) is 0.586. The molecule has 0 spiro atoms. The van der Waals surface area contributed by atoms with Gasteiger partial charge in [0.1, 0.15) is 0 Å². The molecule has 0 radical (unpaired) electrons. The summed E-state index contributed by atoms with van der Waals surface area (Å²) in [4.78, 5) is 14.2. The first-order chi connectivity index (χ1) is 8.97. The van der Waals surface area contributed by atoms with Crippen LogP contribution in [-0.2, 0) is 9.22 Å². The molecule has 2 heterocycles. The minimum absolute atomic E-state index is 0.0288. The number of allylic oxidation sites excluding steroid dienone is 1. The van der Waals surface area contributed by atoms with Crippen molar-refractivity contribution in [2.24, 2.45) is 5.92 Å². The highest BCUT2D eigenvalue weighted by Crippen LogP contribution is 2.45. The smallest absolute Gasteiger partial charge is 0.235 e. The largest absolute Gasteiger partial charge is 0.413 e. The van der Waals surface area contributed by atoms with Gasteiger partial charge in [-0.2, -0.15) is 0 Å².